The Bertz CT molecular complexity index is 2420. The molecule has 3 aliphatic heterocycles. The molecule has 4 unspecified atom stereocenters. The van der Waals surface area contributed by atoms with E-state index in [0.717, 1.165) is 96.9 Å². The summed E-state index contributed by atoms with van der Waals surface area (Å²) in [6.45, 7) is 9.14. The minimum Gasteiger partial charge on any atom is -0.453 e. The smallest absolute Gasteiger partial charge is 0.407 e. The van der Waals surface area contributed by atoms with E-state index in [2.05, 4.69) is 61.5 Å². The zero-order valence-electron chi connectivity index (χ0n) is 39.0. The molecule has 4 aromatic rings. The number of hydrogen-bond donors (Lipinski definition) is 5. The molecule has 3 aromatic carbocycles. The number of hydrogen-bond acceptors (Lipinski definition) is 10. The maximum absolute atomic E-state index is 14.5. The summed E-state index contributed by atoms with van der Waals surface area (Å²) in [6.07, 6.45) is 5.12. The van der Waals surface area contributed by atoms with Crippen molar-refractivity contribution in [2.75, 3.05) is 36.3 Å². The van der Waals surface area contributed by atoms with Gasteiger partial charge in [-0.2, -0.15) is 0 Å². The number of likely N-dealkylation sites (tertiary alicyclic amines) is 1. The van der Waals surface area contributed by atoms with Crippen LogP contribution in [0.4, 0.5) is 35.4 Å². The highest BCUT2D eigenvalue weighted by Crippen LogP contribution is 2.49. The lowest BCUT2D eigenvalue weighted by molar-refractivity contribution is -0.135. The number of carbonyl (C=O) groups is 4. The van der Waals surface area contributed by atoms with Gasteiger partial charge in [0.25, 0.3) is 5.92 Å². The van der Waals surface area contributed by atoms with E-state index in [1.54, 1.807) is 12.1 Å². The second kappa shape index (κ2) is 19.1. The number of methoxy groups -OCH3 is 2. The number of amides is 3. The third-order valence-corrected chi connectivity index (χ3v) is 14.3. The molecule has 3 amide bonds. The van der Waals surface area contributed by atoms with Gasteiger partial charge < -0.3 is 45.5 Å². The maximum Gasteiger partial charge on any atom is 0.407 e. The number of nitrogens with one attached hydrogen (secondary N) is 5. The molecule has 3 fully saturated rings. The fraction of sp³-hybridized carbons (Fsp3) is 0.540. The summed E-state index contributed by atoms with van der Waals surface area (Å²) in [5.41, 5.74) is 6.39. The molecule has 0 radical (unpaired) electrons. The van der Waals surface area contributed by atoms with Gasteiger partial charge in [-0.15, -0.1) is 0 Å². The van der Waals surface area contributed by atoms with Crippen LogP contribution in [-0.4, -0.2) is 83.8 Å². The van der Waals surface area contributed by atoms with Gasteiger partial charge in [-0.3, -0.25) is 9.59 Å². The van der Waals surface area contributed by atoms with E-state index in [1.165, 1.54) is 26.4 Å². The Labute approximate surface area is 385 Å². The topological polar surface area (TPSA) is 170 Å². The zero-order chi connectivity index (χ0) is 47.0. The first-order chi connectivity index (χ1) is 31.6. The van der Waals surface area contributed by atoms with Crippen LogP contribution in [0.25, 0.3) is 11.0 Å². The molecule has 1 aromatic heterocycles. The minimum absolute atomic E-state index is 0.00537. The molecule has 2 saturated heterocycles. The Kier molecular flexibility index (Phi) is 13.5. The molecule has 1 aliphatic carbocycles. The molecule has 4 heterocycles. The van der Waals surface area contributed by atoms with Gasteiger partial charge in [0.1, 0.15) is 18.0 Å². The van der Waals surface area contributed by atoms with E-state index in [0.29, 0.717) is 13.0 Å². The van der Waals surface area contributed by atoms with Gasteiger partial charge >= 0.3 is 12.2 Å². The van der Waals surface area contributed by atoms with Crippen molar-refractivity contribution in [3.05, 3.63) is 83.2 Å². The molecule has 66 heavy (non-hydrogen) atoms. The SMILES string of the molecule is COC(=O)N[C@H](C(=O)C1CCCC[C@H]1c1nc2ccc(C3CCC(c4ccc5c(c4)NC([C@@H]4CCCN4C(=O)[C@@H](NC(=O)OC)C(C)C)N5)N3c3ccc(C(C)(F)F)cc3)cc2[nH]1)C(C)C. The lowest BCUT2D eigenvalue weighted by Gasteiger charge is -2.34. The van der Waals surface area contributed by atoms with Gasteiger partial charge in [0.05, 0.1) is 60.8 Å². The Hall–Kier alpha value is -5.93. The van der Waals surface area contributed by atoms with Crippen LogP contribution < -0.4 is 26.2 Å². The van der Waals surface area contributed by atoms with Crippen LogP contribution >= 0.6 is 0 Å². The number of ether oxygens (including phenoxy) is 2. The first kappa shape index (κ1) is 46.6. The highest BCUT2D eigenvalue weighted by atomic mass is 19.3. The molecule has 0 spiro atoms. The molecule has 5 N–H and O–H groups in total. The average Bonchev–Trinajstić information content (AvgIpc) is 4.14. The van der Waals surface area contributed by atoms with Crippen molar-refractivity contribution >= 4 is 52.0 Å². The van der Waals surface area contributed by atoms with E-state index in [1.807, 2.05) is 38.7 Å². The van der Waals surface area contributed by atoms with Crippen LogP contribution in [0, 0.1) is 17.8 Å². The van der Waals surface area contributed by atoms with Crippen LogP contribution in [0.1, 0.15) is 127 Å². The number of alkyl carbamates (subject to hydrolysis) is 2. The van der Waals surface area contributed by atoms with E-state index >= 15 is 0 Å². The number of rotatable bonds is 13. The van der Waals surface area contributed by atoms with Crippen molar-refractivity contribution in [1.82, 2.24) is 25.5 Å². The number of fused-ring (bicyclic) bond motifs is 2. The first-order valence-corrected chi connectivity index (χ1v) is 23.5. The number of alkyl halides is 2. The predicted octanol–water partition coefficient (Wildman–Crippen LogP) is 9.52. The number of carbonyl (C=O) groups excluding carboxylic acids is 4. The summed E-state index contributed by atoms with van der Waals surface area (Å²) in [5.74, 6) is -3.06. The van der Waals surface area contributed by atoms with E-state index in [-0.39, 0.29) is 65.2 Å². The molecule has 4 aliphatic rings. The number of H-pyrrole nitrogens is 1. The normalized spacial score (nSPS) is 23.9. The molecule has 8 rings (SSSR count). The largest absolute Gasteiger partial charge is 0.453 e. The van der Waals surface area contributed by atoms with Gasteiger partial charge in [0.2, 0.25) is 5.91 Å². The van der Waals surface area contributed by atoms with Crippen molar-refractivity contribution in [2.45, 2.75) is 134 Å². The summed E-state index contributed by atoms with van der Waals surface area (Å²) in [7, 11) is 2.58. The Morgan fingerprint density at radius 3 is 2.03 bits per heavy atom. The molecule has 16 heteroatoms. The monoisotopic (exact) mass is 910 g/mol. The van der Waals surface area contributed by atoms with Gasteiger partial charge in [-0.1, -0.05) is 64.8 Å². The van der Waals surface area contributed by atoms with Crippen LogP contribution in [0.3, 0.4) is 0 Å². The summed E-state index contributed by atoms with van der Waals surface area (Å²) in [5, 5.41) is 12.8. The third kappa shape index (κ3) is 9.37. The molecule has 0 bridgehead atoms. The number of nitrogens with zero attached hydrogens (tertiary/aromatic N) is 3. The number of aromatic amines is 1. The average molecular weight is 911 g/mol. The Morgan fingerprint density at radius 1 is 0.758 bits per heavy atom. The molecule has 1 saturated carbocycles. The summed E-state index contributed by atoms with van der Waals surface area (Å²) < 4.78 is 38.7. The van der Waals surface area contributed by atoms with Gasteiger partial charge in [-0.25, -0.2) is 23.4 Å². The number of halogens is 2. The number of anilines is 3. The number of benzene rings is 3. The molecule has 14 nitrogen and oxygen atoms in total. The van der Waals surface area contributed by atoms with Crippen molar-refractivity contribution in [1.29, 1.82) is 0 Å². The van der Waals surface area contributed by atoms with Gasteiger partial charge in [0.15, 0.2) is 5.78 Å². The number of Topliss-reactive ketones (excluding diaryl/α,β-unsaturated/α-hetero) is 1. The fourth-order valence-corrected chi connectivity index (χ4v) is 10.8. The van der Waals surface area contributed by atoms with Crippen LogP contribution in [-0.2, 0) is 25.0 Å². The fourth-order valence-electron chi connectivity index (χ4n) is 10.8. The molecule has 354 valence electrons. The van der Waals surface area contributed by atoms with Gasteiger partial charge in [0, 0.05) is 36.6 Å². The summed E-state index contributed by atoms with van der Waals surface area (Å²) in [4.78, 5) is 65.2. The third-order valence-electron chi connectivity index (χ3n) is 14.3. The van der Waals surface area contributed by atoms with E-state index in [9.17, 15) is 28.0 Å². The summed E-state index contributed by atoms with van der Waals surface area (Å²) >= 11 is 0. The number of ketones is 1. The number of aromatic nitrogens is 2. The second-order valence-corrected chi connectivity index (χ2v) is 19.3. The van der Waals surface area contributed by atoms with Gasteiger partial charge in [-0.05, 0) is 97.9 Å². The summed E-state index contributed by atoms with van der Waals surface area (Å²) in [6, 6.07) is 17.5. The second-order valence-electron chi connectivity index (χ2n) is 19.3. The highest BCUT2D eigenvalue weighted by molar-refractivity contribution is 5.90. The molecule has 8 atom stereocenters. The minimum atomic E-state index is -2.98. The Balaban J connectivity index is 1.06. The predicted molar refractivity (Wildman–Crippen MR) is 250 cm³/mol. The van der Waals surface area contributed by atoms with Crippen LogP contribution in [0.5, 0.6) is 0 Å². The van der Waals surface area contributed by atoms with Crippen molar-refractivity contribution in [3.8, 4) is 0 Å². The highest BCUT2D eigenvalue weighted by Gasteiger charge is 2.43. The Morgan fingerprint density at radius 2 is 1.38 bits per heavy atom. The van der Waals surface area contributed by atoms with Crippen molar-refractivity contribution in [3.63, 3.8) is 0 Å². The van der Waals surface area contributed by atoms with Crippen molar-refractivity contribution < 1.29 is 37.4 Å². The van der Waals surface area contributed by atoms with Crippen LogP contribution in [0.15, 0.2) is 60.7 Å². The van der Waals surface area contributed by atoms with E-state index in [4.69, 9.17) is 14.5 Å². The molecular formula is C50H64F2N8O6. The van der Waals surface area contributed by atoms with E-state index < -0.39 is 30.2 Å². The first-order valence-electron chi connectivity index (χ1n) is 23.5. The zero-order valence-corrected chi connectivity index (χ0v) is 39.0. The lowest BCUT2D eigenvalue weighted by Crippen LogP contribution is -2.56. The van der Waals surface area contributed by atoms with Crippen LogP contribution in [0.2, 0.25) is 0 Å². The maximum atomic E-state index is 14.5. The molecular weight excluding hydrogens is 847 g/mol. The number of imidazole rings is 1. The standard InChI is InChI=1S/C50H64F2N8O6/c1-27(2)42(57-48(63)65-6)44(61)33-11-8-9-12-34(33)45-53-35-20-14-29(25-37(35)55-45)39-22-23-40(60(39)32-18-16-31(17-19-32)50(5,51)52)30-15-21-36-38(26-30)56-46(54-36)41-13-10-24-59(41)47(62)43(28(3)4)58-49(64)66-7/h14-21,25-28,33-34,39-43,46,54,56H,8-13,22-24H2,1-7H3,(H,53,55)(H,57,63)(H,58,64)/t33?,34-,39?,40?,41+,42+,43+,46?/m1/s1. The quantitative estimate of drug-likeness (QED) is 0.0871. The van der Waals surface area contributed by atoms with Crippen molar-refractivity contribution in [2.24, 2.45) is 17.8 Å². The lowest BCUT2D eigenvalue weighted by atomic mass is 9.73.